The molecule has 134 valence electrons. The van der Waals surface area contributed by atoms with E-state index in [1.54, 1.807) is 18.0 Å². The van der Waals surface area contributed by atoms with Crippen LogP contribution in [-0.2, 0) is 0 Å². The monoisotopic (exact) mass is 350 g/mol. The fourth-order valence-corrected chi connectivity index (χ4v) is 2.82. The van der Waals surface area contributed by atoms with Gasteiger partial charge in [-0.1, -0.05) is 23.4 Å². The molecule has 6 heteroatoms. The third-order valence-electron chi connectivity index (χ3n) is 4.16. The molecule has 2 aromatic carbocycles. The van der Waals surface area contributed by atoms with Crippen LogP contribution >= 0.6 is 0 Å². The van der Waals surface area contributed by atoms with E-state index in [0.29, 0.717) is 0 Å². The quantitative estimate of drug-likeness (QED) is 0.766. The van der Waals surface area contributed by atoms with E-state index < -0.39 is 0 Å². The Bertz CT molecular complexity index is 896. The van der Waals surface area contributed by atoms with E-state index in [2.05, 4.69) is 21.7 Å². The number of hydrogen-bond acceptors (Lipinski definition) is 4. The number of rotatable bonds is 5. The summed E-state index contributed by atoms with van der Waals surface area (Å²) in [5.74, 6) is 0.521. The van der Waals surface area contributed by atoms with Gasteiger partial charge in [0.2, 0.25) is 0 Å². The summed E-state index contributed by atoms with van der Waals surface area (Å²) < 4.78 is 6.77. The molecule has 1 atom stereocenters. The van der Waals surface area contributed by atoms with Crippen LogP contribution in [0.25, 0.3) is 5.69 Å². The van der Waals surface area contributed by atoms with Crippen LogP contribution in [0.1, 0.15) is 40.1 Å². The average Bonchev–Trinajstić information content (AvgIpc) is 3.11. The molecule has 1 N–H and O–H groups in total. The summed E-state index contributed by atoms with van der Waals surface area (Å²) in [5.41, 5.74) is 4.42. The normalized spacial score (nSPS) is 11.8. The molecule has 0 saturated heterocycles. The van der Waals surface area contributed by atoms with Crippen molar-refractivity contribution in [2.45, 2.75) is 26.8 Å². The summed E-state index contributed by atoms with van der Waals surface area (Å²) in [4.78, 5) is 12.5. The lowest BCUT2D eigenvalue weighted by atomic mass is 10.1. The standard InChI is InChI=1S/C20H22N4O2/c1-13-9-14(2)11-17(10-13)24-12-19(22-23-24)20(25)21-15(3)16-5-7-18(26-4)8-6-16/h5-12,15H,1-4H3,(H,21,25)/t15-/m1/s1. The lowest BCUT2D eigenvalue weighted by molar-refractivity contribution is 0.0935. The van der Waals surface area contributed by atoms with Gasteiger partial charge in [-0.2, -0.15) is 0 Å². The van der Waals surface area contributed by atoms with Gasteiger partial charge in [-0.15, -0.1) is 5.10 Å². The second kappa shape index (κ2) is 7.39. The first-order chi connectivity index (χ1) is 12.5. The van der Waals surface area contributed by atoms with E-state index >= 15 is 0 Å². The van der Waals surface area contributed by atoms with Gasteiger partial charge in [0.05, 0.1) is 25.0 Å². The lowest BCUT2D eigenvalue weighted by Crippen LogP contribution is -2.26. The number of hydrogen-bond donors (Lipinski definition) is 1. The molecule has 26 heavy (non-hydrogen) atoms. The Hall–Kier alpha value is -3.15. The predicted molar refractivity (Wildman–Crippen MR) is 99.7 cm³/mol. The number of benzene rings is 2. The Labute approximate surface area is 152 Å². The molecule has 0 aliphatic carbocycles. The maximum atomic E-state index is 12.5. The molecule has 1 amide bonds. The van der Waals surface area contributed by atoms with E-state index in [4.69, 9.17) is 4.74 Å². The molecule has 0 bridgehead atoms. The fourth-order valence-electron chi connectivity index (χ4n) is 2.82. The molecule has 3 aromatic rings. The number of ether oxygens (including phenoxy) is 1. The summed E-state index contributed by atoms with van der Waals surface area (Å²) in [6, 6.07) is 13.5. The molecular formula is C20H22N4O2. The van der Waals surface area contributed by atoms with Gasteiger partial charge in [-0.25, -0.2) is 4.68 Å². The van der Waals surface area contributed by atoms with E-state index in [-0.39, 0.29) is 17.6 Å². The Morgan fingerprint density at radius 2 is 1.77 bits per heavy atom. The predicted octanol–water partition coefficient (Wildman–Crippen LogP) is 3.38. The number of methoxy groups -OCH3 is 1. The highest BCUT2D eigenvalue weighted by Crippen LogP contribution is 2.18. The molecule has 6 nitrogen and oxygen atoms in total. The molecular weight excluding hydrogens is 328 g/mol. The van der Waals surface area contributed by atoms with Gasteiger partial charge in [-0.05, 0) is 61.7 Å². The van der Waals surface area contributed by atoms with Crippen molar-refractivity contribution in [2.24, 2.45) is 0 Å². The van der Waals surface area contributed by atoms with Crippen molar-refractivity contribution in [2.75, 3.05) is 7.11 Å². The van der Waals surface area contributed by atoms with Gasteiger partial charge in [0, 0.05) is 0 Å². The highest BCUT2D eigenvalue weighted by atomic mass is 16.5. The van der Waals surface area contributed by atoms with Crippen molar-refractivity contribution in [3.8, 4) is 11.4 Å². The third kappa shape index (κ3) is 3.91. The maximum Gasteiger partial charge on any atom is 0.273 e. The number of amides is 1. The molecule has 0 radical (unpaired) electrons. The van der Waals surface area contributed by atoms with Crippen molar-refractivity contribution in [3.05, 3.63) is 71.0 Å². The molecule has 0 spiro atoms. The minimum atomic E-state index is -0.260. The largest absolute Gasteiger partial charge is 0.497 e. The van der Waals surface area contributed by atoms with E-state index in [9.17, 15) is 4.79 Å². The van der Waals surface area contributed by atoms with Gasteiger partial charge < -0.3 is 10.1 Å². The summed E-state index contributed by atoms with van der Waals surface area (Å²) in [7, 11) is 1.62. The van der Waals surface area contributed by atoms with Crippen LogP contribution in [0.3, 0.4) is 0 Å². The number of nitrogens with one attached hydrogen (secondary N) is 1. The molecule has 3 rings (SSSR count). The number of aryl methyl sites for hydroxylation is 2. The average molecular weight is 350 g/mol. The molecule has 0 aliphatic heterocycles. The van der Waals surface area contributed by atoms with Crippen LogP contribution in [0, 0.1) is 13.8 Å². The maximum absolute atomic E-state index is 12.5. The topological polar surface area (TPSA) is 69.0 Å². The van der Waals surface area contributed by atoms with Gasteiger partial charge in [-0.3, -0.25) is 4.79 Å². The summed E-state index contributed by atoms with van der Waals surface area (Å²) in [5, 5.41) is 11.0. The second-order valence-corrected chi connectivity index (χ2v) is 6.36. The third-order valence-corrected chi connectivity index (χ3v) is 4.16. The summed E-state index contributed by atoms with van der Waals surface area (Å²) in [6.45, 7) is 5.98. The van der Waals surface area contributed by atoms with Crippen molar-refractivity contribution in [1.29, 1.82) is 0 Å². The number of carbonyl (C=O) groups is 1. The highest BCUT2D eigenvalue weighted by molar-refractivity contribution is 5.92. The van der Waals surface area contributed by atoms with Crippen LogP contribution in [0.15, 0.2) is 48.7 Å². The van der Waals surface area contributed by atoms with E-state index in [1.165, 1.54) is 0 Å². The molecule has 1 aromatic heterocycles. The number of carbonyl (C=O) groups excluding carboxylic acids is 1. The van der Waals surface area contributed by atoms with Crippen LogP contribution in [-0.4, -0.2) is 28.0 Å². The Kier molecular flexibility index (Phi) is 5.02. The van der Waals surface area contributed by atoms with Crippen LogP contribution in [0.2, 0.25) is 0 Å². The van der Waals surface area contributed by atoms with Crippen molar-refractivity contribution < 1.29 is 9.53 Å². The van der Waals surface area contributed by atoms with Crippen LogP contribution < -0.4 is 10.1 Å². The second-order valence-electron chi connectivity index (χ2n) is 6.36. The number of nitrogens with zero attached hydrogens (tertiary/aromatic N) is 3. The fraction of sp³-hybridized carbons (Fsp3) is 0.250. The zero-order chi connectivity index (χ0) is 18.7. The first-order valence-electron chi connectivity index (χ1n) is 8.42. The number of aromatic nitrogens is 3. The van der Waals surface area contributed by atoms with Crippen molar-refractivity contribution in [1.82, 2.24) is 20.3 Å². The molecule has 0 saturated carbocycles. The zero-order valence-electron chi connectivity index (χ0n) is 15.4. The Morgan fingerprint density at radius 3 is 2.38 bits per heavy atom. The van der Waals surface area contributed by atoms with Gasteiger partial charge in [0.1, 0.15) is 5.75 Å². The smallest absolute Gasteiger partial charge is 0.273 e. The van der Waals surface area contributed by atoms with Crippen LogP contribution in [0.4, 0.5) is 0 Å². The van der Waals surface area contributed by atoms with Gasteiger partial charge in [0.25, 0.3) is 5.91 Å². The lowest BCUT2D eigenvalue weighted by Gasteiger charge is -2.13. The summed E-state index contributed by atoms with van der Waals surface area (Å²) >= 11 is 0. The molecule has 0 aliphatic rings. The highest BCUT2D eigenvalue weighted by Gasteiger charge is 2.15. The Morgan fingerprint density at radius 1 is 1.12 bits per heavy atom. The van der Waals surface area contributed by atoms with E-state index in [1.807, 2.05) is 57.2 Å². The van der Waals surface area contributed by atoms with Crippen LogP contribution in [0.5, 0.6) is 5.75 Å². The van der Waals surface area contributed by atoms with Gasteiger partial charge in [0.15, 0.2) is 5.69 Å². The molecule has 0 fully saturated rings. The van der Waals surface area contributed by atoms with Crippen molar-refractivity contribution in [3.63, 3.8) is 0 Å². The Balaban J connectivity index is 1.73. The zero-order valence-corrected chi connectivity index (χ0v) is 15.4. The first-order valence-corrected chi connectivity index (χ1v) is 8.42. The van der Waals surface area contributed by atoms with Crippen molar-refractivity contribution >= 4 is 5.91 Å². The van der Waals surface area contributed by atoms with Gasteiger partial charge >= 0.3 is 0 Å². The summed E-state index contributed by atoms with van der Waals surface area (Å²) in [6.07, 6.45) is 1.64. The minimum Gasteiger partial charge on any atom is -0.497 e. The molecule has 1 heterocycles. The minimum absolute atomic E-state index is 0.153. The first kappa shape index (κ1) is 17.7. The SMILES string of the molecule is COc1ccc([C@@H](C)NC(=O)c2cn(-c3cc(C)cc(C)c3)nn2)cc1. The van der Waals surface area contributed by atoms with E-state index in [0.717, 1.165) is 28.1 Å². The molecule has 0 unspecified atom stereocenters.